The van der Waals surface area contributed by atoms with Crippen molar-refractivity contribution in [2.45, 2.75) is 19.1 Å². The van der Waals surface area contributed by atoms with Crippen LogP contribution in [0.4, 0.5) is 5.00 Å². The minimum Gasteiger partial charge on any atom is -0.494 e. The van der Waals surface area contributed by atoms with Gasteiger partial charge >= 0.3 is 0 Å². The van der Waals surface area contributed by atoms with Crippen LogP contribution in [0.3, 0.4) is 0 Å². The molecule has 2 N–H and O–H groups in total. The summed E-state index contributed by atoms with van der Waals surface area (Å²) in [5.41, 5.74) is 3.00. The maximum absolute atomic E-state index is 12.8. The van der Waals surface area contributed by atoms with Crippen LogP contribution in [0.15, 0.2) is 21.1 Å². The van der Waals surface area contributed by atoms with Crippen molar-refractivity contribution in [3.05, 3.63) is 42.6 Å². The van der Waals surface area contributed by atoms with E-state index in [0.29, 0.717) is 0 Å². The lowest BCUT2D eigenvalue weighted by Gasteiger charge is -2.28. The Bertz CT molecular complexity index is 845. The molecule has 0 unspecified atom stereocenters. The van der Waals surface area contributed by atoms with Crippen LogP contribution in [-0.2, 0) is 13.0 Å². The number of anilines is 1. The SMILES string of the molecule is COc1c(Br)cc([C@H]2NC(=O)c3c(sc4c3CCN(C)C4)N2)cc1Br. The number of methoxy groups -OCH3 is 1. The summed E-state index contributed by atoms with van der Waals surface area (Å²) in [7, 11) is 3.75. The normalized spacial score (nSPS) is 19.7. The van der Waals surface area contributed by atoms with Crippen molar-refractivity contribution < 1.29 is 9.53 Å². The Labute approximate surface area is 167 Å². The van der Waals surface area contributed by atoms with Gasteiger partial charge in [0.2, 0.25) is 0 Å². The van der Waals surface area contributed by atoms with Gasteiger partial charge in [0.05, 0.1) is 21.6 Å². The monoisotopic (exact) mass is 485 g/mol. The number of halogens is 2. The summed E-state index contributed by atoms with van der Waals surface area (Å²) in [6, 6.07) is 3.93. The first-order chi connectivity index (χ1) is 12.0. The zero-order valence-electron chi connectivity index (χ0n) is 13.8. The molecule has 0 fully saturated rings. The van der Waals surface area contributed by atoms with Gasteiger partial charge in [0.25, 0.3) is 5.91 Å². The highest BCUT2D eigenvalue weighted by molar-refractivity contribution is 9.11. The Hall–Kier alpha value is -1.09. The third-order valence-corrected chi connectivity index (χ3v) is 6.91. The van der Waals surface area contributed by atoms with Crippen LogP contribution in [-0.4, -0.2) is 31.5 Å². The van der Waals surface area contributed by atoms with Gasteiger partial charge in [0.15, 0.2) is 0 Å². The van der Waals surface area contributed by atoms with Crippen LogP contribution in [0.2, 0.25) is 0 Å². The summed E-state index contributed by atoms with van der Waals surface area (Å²) in [6.07, 6.45) is 0.660. The largest absolute Gasteiger partial charge is 0.494 e. The number of carbonyl (C=O) groups excluding carboxylic acids is 1. The molecule has 3 heterocycles. The summed E-state index contributed by atoms with van der Waals surface area (Å²) in [5, 5.41) is 7.55. The number of amides is 1. The lowest BCUT2D eigenvalue weighted by Crippen LogP contribution is -2.38. The molecule has 2 aliphatic rings. The fraction of sp³-hybridized carbons (Fsp3) is 0.353. The topological polar surface area (TPSA) is 53.6 Å². The molecule has 0 spiro atoms. The van der Waals surface area contributed by atoms with Crippen molar-refractivity contribution in [2.24, 2.45) is 0 Å². The molecule has 25 heavy (non-hydrogen) atoms. The van der Waals surface area contributed by atoms with E-state index in [4.69, 9.17) is 4.74 Å². The third kappa shape index (κ3) is 2.99. The molecule has 1 aromatic carbocycles. The molecule has 1 aromatic heterocycles. The van der Waals surface area contributed by atoms with Gasteiger partial charge in [-0.1, -0.05) is 0 Å². The van der Waals surface area contributed by atoms with E-state index in [-0.39, 0.29) is 12.1 Å². The second kappa shape index (κ2) is 6.57. The highest BCUT2D eigenvalue weighted by Gasteiger charge is 2.33. The summed E-state index contributed by atoms with van der Waals surface area (Å²) in [5.74, 6) is 0.741. The molecule has 2 aliphatic heterocycles. The van der Waals surface area contributed by atoms with Crippen LogP contribution < -0.4 is 15.4 Å². The predicted molar refractivity (Wildman–Crippen MR) is 107 cm³/mol. The minimum atomic E-state index is -0.267. The predicted octanol–water partition coefficient (Wildman–Crippen LogP) is 4.12. The standard InChI is InChI=1S/C17H17Br2N3O2S/c1-22-4-3-9-12(7-22)25-17-13(9)16(23)20-15(21-17)8-5-10(18)14(24-2)11(19)6-8/h5-6,15,21H,3-4,7H2,1-2H3,(H,20,23)/t15-/m0/s1. The fourth-order valence-electron chi connectivity index (χ4n) is 3.35. The Balaban J connectivity index is 1.69. The molecular weight excluding hydrogens is 470 g/mol. The second-order valence-electron chi connectivity index (χ2n) is 6.26. The fourth-order valence-corrected chi connectivity index (χ4v) is 6.25. The van der Waals surface area contributed by atoms with E-state index in [1.165, 1.54) is 10.4 Å². The number of ether oxygens (including phenoxy) is 1. The van der Waals surface area contributed by atoms with Gasteiger partial charge < -0.3 is 20.3 Å². The van der Waals surface area contributed by atoms with Crippen molar-refractivity contribution in [2.75, 3.05) is 26.0 Å². The third-order valence-electron chi connectivity index (χ3n) is 4.58. The van der Waals surface area contributed by atoms with Crippen molar-refractivity contribution >= 4 is 54.1 Å². The van der Waals surface area contributed by atoms with Crippen molar-refractivity contribution in [3.63, 3.8) is 0 Å². The van der Waals surface area contributed by atoms with Gasteiger partial charge in [-0.25, -0.2) is 0 Å². The molecule has 2 aromatic rings. The number of fused-ring (bicyclic) bond motifs is 3. The molecule has 4 rings (SSSR count). The smallest absolute Gasteiger partial charge is 0.256 e. The van der Waals surface area contributed by atoms with Crippen LogP contribution >= 0.6 is 43.2 Å². The van der Waals surface area contributed by atoms with Gasteiger partial charge in [0, 0.05) is 18.0 Å². The number of hydrogen-bond donors (Lipinski definition) is 2. The van der Waals surface area contributed by atoms with E-state index >= 15 is 0 Å². The Morgan fingerprint density at radius 3 is 2.68 bits per heavy atom. The Kier molecular flexibility index (Phi) is 4.56. The number of rotatable bonds is 2. The molecule has 0 aliphatic carbocycles. The van der Waals surface area contributed by atoms with E-state index < -0.39 is 0 Å². The van der Waals surface area contributed by atoms with Gasteiger partial charge in [-0.15, -0.1) is 11.3 Å². The summed E-state index contributed by atoms with van der Waals surface area (Å²) < 4.78 is 7.04. The number of nitrogens with zero attached hydrogens (tertiary/aromatic N) is 1. The summed E-state index contributed by atoms with van der Waals surface area (Å²) >= 11 is 8.75. The first kappa shape index (κ1) is 17.3. The van der Waals surface area contributed by atoms with Crippen molar-refractivity contribution in [1.82, 2.24) is 10.2 Å². The highest BCUT2D eigenvalue weighted by atomic mass is 79.9. The molecule has 1 amide bonds. The second-order valence-corrected chi connectivity index (χ2v) is 9.08. The average molecular weight is 487 g/mol. The maximum atomic E-state index is 12.8. The van der Waals surface area contributed by atoms with Gasteiger partial charge in [0.1, 0.15) is 16.9 Å². The average Bonchev–Trinajstić information content (AvgIpc) is 2.92. The number of carbonyl (C=O) groups is 1. The number of nitrogens with one attached hydrogen (secondary N) is 2. The van der Waals surface area contributed by atoms with Gasteiger partial charge in [-0.05, 0) is 68.6 Å². The van der Waals surface area contributed by atoms with E-state index in [1.54, 1.807) is 18.4 Å². The Morgan fingerprint density at radius 1 is 1.28 bits per heavy atom. The van der Waals surface area contributed by atoms with E-state index in [2.05, 4.69) is 54.4 Å². The lowest BCUT2D eigenvalue weighted by molar-refractivity contribution is 0.0935. The molecule has 1 atom stereocenters. The van der Waals surface area contributed by atoms with Crippen LogP contribution in [0, 0.1) is 0 Å². The van der Waals surface area contributed by atoms with Crippen LogP contribution in [0.25, 0.3) is 0 Å². The first-order valence-corrected chi connectivity index (χ1v) is 10.3. The van der Waals surface area contributed by atoms with E-state index in [0.717, 1.165) is 50.3 Å². The highest BCUT2D eigenvalue weighted by Crippen LogP contribution is 2.42. The molecule has 0 radical (unpaired) electrons. The van der Waals surface area contributed by atoms with Crippen LogP contribution in [0.1, 0.15) is 32.5 Å². The zero-order valence-corrected chi connectivity index (χ0v) is 17.8. The molecule has 8 heteroatoms. The quantitative estimate of drug-likeness (QED) is 0.670. The molecule has 5 nitrogen and oxygen atoms in total. The number of benzene rings is 1. The molecular formula is C17H17Br2N3O2S. The first-order valence-electron chi connectivity index (χ1n) is 7.91. The zero-order chi connectivity index (χ0) is 17.7. The van der Waals surface area contributed by atoms with E-state index in [9.17, 15) is 4.79 Å². The molecule has 0 saturated heterocycles. The summed E-state index contributed by atoms with van der Waals surface area (Å²) in [4.78, 5) is 16.4. The van der Waals surface area contributed by atoms with Gasteiger partial charge in [-0.2, -0.15) is 0 Å². The number of thiophene rings is 1. The lowest BCUT2D eigenvalue weighted by atomic mass is 10.0. The van der Waals surface area contributed by atoms with E-state index in [1.807, 2.05) is 12.1 Å². The maximum Gasteiger partial charge on any atom is 0.256 e. The van der Waals surface area contributed by atoms with Crippen molar-refractivity contribution in [1.29, 1.82) is 0 Å². The number of likely N-dealkylation sites (N-methyl/N-ethyl adjacent to an activating group) is 1. The van der Waals surface area contributed by atoms with Gasteiger partial charge in [-0.3, -0.25) is 4.79 Å². The molecule has 132 valence electrons. The molecule has 0 saturated carbocycles. The van der Waals surface area contributed by atoms with Crippen LogP contribution in [0.5, 0.6) is 5.75 Å². The number of hydrogen-bond acceptors (Lipinski definition) is 5. The van der Waals surface area contributed by atoms with Crippen molar-refractivity contribution in [3.8, 4) is 5.75 Å². The Morgan fingerprint density at radius 2 is 2.00 bits per heavy atom. The summed E-state index contributed by atoms with van der Waals surface area (Å²) in [6.45, 7) is 1.90. The minimum absolute atomic E-state index is 0.00358. The molecule has 0 bridgehead atoms.